The van der Waals surface area contributed by atoms with Crippen LogP contribution in [0.4, 0.5) is 0 Å². The van der Waals surface area contributed by atoms with E-state index in [1.165, 1.54) is 0 Å². The second-order valence-corrected chi connectivity index (χ2v) is 6.08. The Morgan fingerprint density at radius 2 is 1.88 bits per heavy atom. The van der Waals surface area contributed by atoms with Gasteiger partial charge in [0.25, 0.3) is 5.91 Å². The summed E-state index contributed by atoms with van der Waals surface area (Å²) in [7, 11) is 0. The lowest BCUT2D eigenvalue weighted by Crippen LogP contribution is -2.46. The van der Waals surface area contributed by atoms with Crippen LogP contribution in [0, 0.1) is 11.3 Å². The molecule has 2 aromatic rings. The van der Waals surface area contributed by atoms with Crippen molar-refractivity contribution in [3.63, 3.8) is 0 Å². The summed E-state index contributed by atoms with van der Waals surface area (Å²) in [5, 5.41) is 21.0. The zero-order valence-electron chi connectivity index (χ0n) is 13.7. The van der Waals surface area contributed by atoms with Crippen molar-refractivity contribution in [1.29, 1.82) is 5.26 Å². The summed E-state index contributed by atoms with van der Waals surface area (Å²) in [6.45, 7) is 3.63. The molecule has 5 nitrogen and oxygen atoms in total. The number of aliphatic hydroxyl groups excluding tert-OH is 1. The van der Waals surface area contributed by atoms with Crippen molar-refractivity contribution in [2.45, 2.75) is 26.0 Å². The van der Waals surface area contributed by atoms with Crippen LogP contribution in [-0.4, -0.2) is 23.2 Å². The Hall–Kier alpha value is -2.84. The maximum absolute atomic E-state index is 12.1. The fourth-order valence-electron chi connectivity index (χ4n) is 2.04. The Bertz CT molecular complexity index is 746. The fourth-order valence-corrected chi connectivity index (χ4v) is 2.04. The number of hydrogen-bond acceptors (Lipinski definition) is 4. The largest absolute Gasteiger partial charge is 0.489 e. The van der Waals surface area contributed by atoms with Crippen LogP contribution >= 0.6 is 0 Å². The van der Waals surface area contributed by atoms with Crippen LogP contribution in [0.15, 0.2) is 48.5 Å². The van der Waals surface area contributed by atoms with Gasteiger partial charge in [0.2, 0.25) is 0 Å². The van der Waals surface area contributed by atoms with Crippen LogP contribution in [0.25, 0.3) is 0 Å². The number of rotatable bonds is 6. The maximum atomic E-state index is 12.1. The molecule has 0 fully saturated rings. The van der Waals surface area contributed by atoms with Crippen molar-refractivity contribution >= 4 is 5.91 Å². The Morgan fingerprint density at radius 1 is 1.21 bits per heavy atom. The predicted molar refractivity (Wildman–Crippen MR) is 90.6 cm³/mol. The molecule has 2 rings (SSSR count). The highest BCUT2D eigenvalue weighted by Gasteiger charge is 2.19. The van der Waals surface area contributed by atoms with Gasteiger partial charge in [-0.15, -0.1) is 0 Å². The predicted octanol–water partition coefficient (Wildman–Crippen LogP) is 2.64. The van der Waals surface area contributed by atoms with E-state index in [2.05, 4.69) is 11.4 Å². The molecule has 0 spiro atoms. The second kappa shape index (κ2) is 7.62. The number of carbonyl (C=O) groups is 1. The first-order chi connectivity index (χ1) is 11.4. The lowest BCUT2D eigenvalue weighted by molar-refractivity contribution is 0.0869. The number of nitriles is 1. The third-order valence-electron chi connectivity index (χ3n) is 3.50. The molecule has 0 saturated heterocycles. The molecule has 0 aromatic heterocycles. The van der Waals surface area contributed by atoms with Gasteiger partial charge in [0.1, 0.15) is 12.4 Å². The highest BCUT2D eigenvalue weighted by molar-refractivity contribution is 5.94. The van der Waals surface area contributed by atoms with E-state index in [1.54, 1.807) is 44.2 Å². The molecule has 0 unspecified atom stereocenters. The van der Waals surface area contributed by atoms with Gasteiger partial charge in [0.15, 0.2) is 0 Å². The van der Waals surface area contributed by atoms with Crippen molar-refractivity contribution in [3.8, 4) is 11.8 Å². The first-order valence-electron chi connectivity index (χ1n) is 7.59. The molecule has 2 aromatic carbocycles. The Kier molecular flexibility index (Phi) is 5.56. The lowest BCUT2D eigenvalue weighted by Gasteiger charge is -2.23. The molecule has 0 aliphatic carbocycles. The topological polar surface area (TPSA) is 82.3 Å². The van der Waals surface area contributed by atoms with Crippen molar-refractivity contribution in [1.82, 2.24) is 5.32 Å². The number of nitrogens with one attached hydrogen (secondary N) is 1. The van der Waals surface area contributed by atoms with E-state index in [4.69, 9.17) is 10.00 Å². The average Bonchev–Trinajstić information content (AvgIpc) is 2.60. The summed E-state index contributed by atoms with van der Waals surface area (Å²) in [5.41, 5.74) is 1.21. The molecule has 5 heteroatoms. The molecule has 1 amide bonds. The minimum atomic E-state index is -0.673. The first-order valence-corrected chi connectivity index (χ1v) is 7.59. The summed E-state index contributed by atoms with van der Waals surface area (Å²) < 4.78 is 5.67. The average molecular weight is 324 g/mol. The second-order valence-electron chi connectivity index (χ2n) is 6.08. The molecule has 0 heterocycles. The number of carbonyl (C=O) groups excluding carboxylic acids is 1. The number of amides is 1. The van der Waals surface area contributed by atoms with E-state index in [0.29, 0.717) is 16.9 Å². The summed E-state index contributed by atoms with van der Waals surface area (Å²) in [5.74, 6) is 0.358. The smallest absolute Gasteiger partial charge is 0.251 e. The van der Waals surface area contributed by atoms with Gasteiger partial charge in [-0.3, -0.25) is 4.79 Å². The Morgan fingerprint density at radius 3 is 2.50 bits per heavy atom. The van der Waals surface area contributed by atoms with Crippen molar-refractivity contribution in [2.24, 2.45) is 0 Å². The Labute approximate surface area is 141 Å². The lowest BCUT2D eigenvalue weighted by atomic mass is 10.1. The van der Waals surface area contributed by atoms with E-state index in [-0.39, 0.29) is 19.1 Å². The molecular formula is C19H20N2O3. The van der Waals surface area contributed by atoms with E-state index in [1.807, 2.05) is 18.2 Å². The highest BCUT2D eigenvalue weighted by Crippen LogP contribution is 2.16. The molecule has 2 N–H and O–H groups in total. The van der Waals surface area contributed by atoms with Crippen molar-refractivity contribution in [2.75, 3.05) is 6.61 Å². The van der Waals surface area contributed by atoms with Gasteiger partial charge in [-0.05, 0) is 44.2 Å². The van der Waals surface area contributed by atoms with E-state index >= 15 is 0 Å². The zero-order chi connectivity index (χ0) is 17.6. The normalized spacial score (nSPS) is 10.8. The van der Waals surface area contributed by atoms with Gasteiger partial charge in [-0.25, -0.2) is 0 Å². The van der Waals surface area contributed by atoms with Gasteiger partial charge in [0, 0.05) is 11.1 Å². The van der Waals surface area contributed by atoms with Crippen LogP contribution in [0.1, 0.15) is 35.3 Å². The summed E-state index contributed by atoms with van der Waals surface area (Å²) in [4.78, 5) is 12.1. The third-order valence-corrected chi connectivity index (χ3v) is 3.50. The summed E-state index contributed by atoms with van der Waals surface area (Å²) in [6.07, 6.45) is 0. The maximum Gasteiger partial charge on any atom is 0.251 e. The molecule has 0 bridgehead atoms. The first kappa shape index (κ1) is 17.5. The fraction of sp³-hybridized carbons (Fsp3) is 0.263. The van der Waals surface area contributed by atoms with Crippen LogP contribution in [0.5, 0.6) is 5.75 Å². The molecule has 0 saturated carbocycles. The zero-order valence-corrected chi connectivity index (χ0v) is 13.7. The summed E-state index contributed by atoms with van der Waals surface area (Å²) in [6, 6.07) is 16.1. The summed E-state index contributed by atoms with van der Waals surface area (Å²) >= 11 is 0. The van der Waals surface area contributed by atoms with Gasteiger partial charge >= 0.3 is 0 Å². The molecule has 0 aliphatic heterocycles. The third kappa shape index (κ3) is 4.58. The molecule has 0 aliphatic rings. The number of ether oxygens (including phenoxy) is 1. The monoisotopic (exact) mass is 324 g/mol. The number of nitrogens with zero attached hydrogens (tertiary/aromatic N) is 1. The molecule has 0 radical (unpaired) electrons. The van der Waals surface area contributed by atoms with E-state index in [9.17, 15) is 9.90 Å². The standard InChI is InChI=1S/C19H20N2O3/c1-19(2,13-22)21-18(23)14-7-9-17(10-8-14)24-12-16-6-4-3-5-15(16)11-20/h3-10,22H,12-13H2,1-2H3,(H,21,23). The number of hydrogen-bond donors (Lipinski definition) is 2. The van der Waals surface area contributed by atoms with Gasteiger partial charge < -0.3 is 15.2 Å². The minimum absolute atomic E-state index is 0.141. The van der Waals surface area contributed by atoms with Gasteiger partial charge in [0.05, 0.1) is 23.8 Å². The SMILES string of the molecule is CC(C)(CO)NC(=O)c1ccc(OCc2ccccc2C#N)cc1. The van der Waals surface area contributed by atoms with Crippen molar-refractivity contribution < 1.29 is 14.6 Å². The molecule has 24 heavy (non-hydrogen) atoms. The molecule has 124 valence electrons. The van der Waals surface area contributed by atoms with Crippen LogP contribution < -0.4 is 10.1 Å². The number of benzene rings is 2. The quantitative estimate of drug-likeness (QED) is 0.856. The van der Waals surface area contributed by atoms with Crippen LogP contribution in [0.3, 0.4) is 0 Å². The molecule has 0 atom stereocenters. The highest BCUT2D eigenvalue weighted by atomic mass is 16.5. The minimum Gasteiger partial charge on any atom is -0.489 e. The van der Waals surface area contributed by atoms with Crippen molar-refractivity contribution in [3.05, 3.63) is 65.2 Å². The van der Waals surface area contributed by atoms with E-state index < -0.39 is 5.54 Å². The molecular weight excluding hydrogens is 304 g/mol. The van der Waals surface area contributed by atoms with Crippen LogP contribution in [-0.2, 0) is 6.61 Å². The number of aliphatic hydroxyl groups is 1. The Balaban J connectivity index is 2.00. The van der Waals surface area contributed by atoms with Gasteiger partial charge in [-0.1, -0.05) is 18.2 Å². The van der Waals surface area contributed by atoms with E-state index in [0.717, 1.165) is 5.56 Å². The van der Waals surface area contributed by atoms with Crippen LogP contribution in [0.2, 0.25) is 0 Å². The van der Waals surface area contributed by atoms with Gasteiger partial charge in [-0.2, -0.15) is 5.26 Å².